The van der Waals surface area contributed by atoms with Crippen LogP contribution in [0.2, 0.25) is 0 Å². The zero-order chi connectivity index (χ0) is 14.5. The van der Waals surface area contributed by atoms with Gasteiger partial charge in [0.2, 0.25) is 0 Å². The minimum absolute atomic E-state index is 0.0666. The molecule has 1 aliphatic heterocycles. The van der Waals surface area contributed by atoms with E-state index in [1.807, 2.05) is 38.1 Å². The van der Waals surface area contributed by atoms with E-state index in [9.17, 15) is 4.79 Å². The lowest BCUT2D eigenvalue weighted by molar-refractivity contribution is 0.0904. The Kier molecular flexibility index (Phi) is 5.15. The fourth-order valence-electron chi connectivity index (χ4n) is 2.45. The summed E-state index contributed by atoms with van der Waals surface area (Å²) in [5.74, 6) is 0.804. The lowest BCUT2D eigenvalue weighted by Crippen LogP contribution is -2.42. The summed E-state index contributed by atoms with van der Waals surface area (Å²) in [6.07, 6.45) is 2.01. The first kappa shape index (κ1) is 15.0. The van der Waals surface area contributed by atoms with Gasteiger partial charge in [-0.25, -0.2) is 0 Å². The predicted molar refractivity (Wildman–Crippen MR) is 80.2 cm³/mol. The highest BCUT2D eigenvalue weighted by molar-refractivity contribution is 6.00. The van der Waals surface area contributed by atoms with Crippen molar-refractivity contribution in [1.29, 1.82) is 0 Å². The molecular weight excluding hydrogens is 252 g/mol. The second-order valence-corrected chi connectivity index (χ2v) is 5.70. The van der Waals surface area contributed by atoms with Crippen LogP contribution in [-0.4, -0.2) is 42.5 Å². The van der Waals surface area contributed by atoms with Gasteiger partial charge in [-0.2, -0.15) is 0 Å². The van der Waals surface area contributed by atoms with Crippen LogP contribution in [0.3, 0.4) is 0 Å². The molecule has 0 spiro atoms. The van der Waals surface area contributed by atoms with Crippen molar-refractivity contribution in [3.8, 4) is 5.75 Å². The van der Waals surface area contributed by atoms with Crippen LogP contribution in [0.25, 0.3) is 0 Å². The number of rotatable bonds is 5. The molecule has 1 aromatic carbocycles. The van der Waals surface area contributed by atoms with Gasteiger partial charge in [0.05, 0.1) is 18.2 Å². The molecule has 1 heterocycles. The van der Waals surface area contributed by atoms with Crippen LogP contribution in [0.5, 0.6) is 5.75 Å². The summed E-state index contributed by atoms with van der Waals surface area (Å²) in [6.45, 7) is 6.19. The number of hydrogen-bond donors (Lipinski definition) is 1. The fourth-order valence-corrected chi connectivity index (χ4v) is 2.45. The average molecular weight is 276 g/mol. The largest absolute Gasteiger partial charge is 0.490 e. The highest BCUT2D eigenvalue weighted by Crippen LogP contribution is 2.21. The molecule has 4 nitrogen and oxygen atoms in total. The minimum atomic E-state index is 0.0666. The standard InChI is InChI=1S/C16H24N2O2/c1-12(2)20-16-6-4-3-5-14(16)15(19)11-18-9-7-13(17)8-10-18/h3-6,12-13H,7-11,17H2,1-2H3. The fraction of sp³-hybridized carbons (Fsp3) is 0.562. The third-order valence-corrected chi connectivity index (χ3v) is 3.55. The zero-order valence-electron chi connectivity index (χ0n) is 12.3. The second-order valence-electron chi connectivity index (χ2n) is 5.70. The third kappa shape index (κ3) is 4.05. The molecule has 0 bridgehead atoms. The Bertz CT molecular complexity index is 452. The van der Waals surface area contributed by atoms with Gasteiger partial charge in [0, 0.05) is 19.1 Å². The molecular formula is C16H24N2O2. The topological polar surface area (TPSA) is 55.6 Å². The van der Waals surface area contributed by atoms with E-state index in [1.54, 1.807) is 0 Å². The number of likely N-dealkylation sites (tertiary alicyclic amines) is 1. The summed E-state index contributed by atoms with van der Waals surface area (Å²) < 4.78 is 5.71. The molecule has 0 aliphatic carbocycles. The Morgan fingerprint density at radius 1 is 1.35 bits per heavy atom. The van der Waals surface area contributed by atoms with Gasteiger partial charge in [-0.05, 0) is 38.8 Å². The number of ketones is 1. The molecule has 110 valence electrons. The van der Waals surface area contributed by atoms with Crippen molar-refractivity contribution in [1.82, 2.24) is 4.90 Å². The second kappa shape index (κ2) is 6.86. The molecule has 20 heavy (non-hydrogen) atoms. The van der Waals surface area contributed by atoms with E-state index in [2.05, 4.69) is 4.90 Å². The number of carbonyl (C=O) groups excluding carboxylic acids is 1. The molecule has 4 heteroatoms. The Balaban J connectivity index is 2.01. The van der Waals surface area contributed by atoms with Gasteiger partial charge in [0.25, 0.3) is 0 Å². The number of piperidine rings is 1. The van der Waals surface area contributed by atoms with Crippen LogP contribution in [0.15, 0.2) is 24.3 Å². The van der Waals surface area contributed by atoms with Gasteiger partial charge in [-0.3, -0.25) is 9.69 Å². The maximum absolute atomic E-state index is 12.4. The van der Waals surface area contributed by atoms with Crippen molar-refractivity contribution >= 4 is 5.78 Å². The summed E-state index contributed by atoms with van der Waals surface area (Å²) in [6, 6.07) is 7.77. The highest BCUT2D eigenvalue weighted by atomic mass is 16.5. The van der Waals surface area contributed by atoms with Crippen molar-refractivity contribution in [2.75, 3.05) is 19.6 Å². The third-order valence-electron chi connectivity index (χ3n) is 3.55. The summed E-state index contributed by atoms with van der Waals surface area (Å²) in [4.78, 5) is 14.6. The van der Waals surface area contributed by atoms with Gasteiger partial charge >= 0.3 is 0 Å². The van der Waals surface area contributed by atoms with Crippen molar-refractivity contribution in [2.24, 2.45) is 5.73 Å². The molecule has 1 fully saturated rings. The van der Waals surface area contributed by atoms with Crippen LogP contribution < -0.4 is 10.5 Å². The minimum Gasteiger partial charge on any atom is -0.490 e. The molecule has 1 saturated heterocycles. The van der Waals surface area contributed by atoms with E-state index in [0.29, 0.717) is 17.9 Å². The first-order chi connectivity index (χ1) is 9.56. The lowest BCUT2D eigenvalue weighted by Gasteiger charge is -2.29. The number of carbonyl (C=O) groups is 1. The Morgan fingerprint density at radius 3 is 2.65 bits per heavy atom. The normalized spacial score (nSPS) is 17.4. The predicted octanol–water partition coefficient (Wildman–Crippen LogP) is 2.08. The first-order valence-corrected chi connectivity index (χ1v) is 7.33. The van der Waals surface area contributed by atoms with Crippen LogP contribution in [0.4, 0.5) is 0 Å². The smallest absolute Gasteiger partial charge is 0.180 e. The van der Waals surface area contributed by atoms with Gasteiger partial charge < -0.3 is 10.5 Å². The molecule has 0 unspecified atom stereocenters. The molecule has 0 saturated carbocycles. The van der Waals surface area contributed by atoms with Gasteiger partial charge in [0.1, 0.15) is 5.75 Å². The Morgan fingerprint density at radius 2 is 2.00 bits per heavy atom. The van der Waals surface area contributed by atoms with E-state index in [0.717, 1.165) is 25.9 Å². The number of ether oxygens (including phenoxy) is 1. The van der Waals surface area contributed by atoms with Crippen LogP contribution in [-0.2, 0) is 0 Å². The molecule has 0 aromatic heterocycles. The highest BCUT2D eigenvalue weighted by Gasteiger charge is 2.20. The number of nitrogens with two attached hydrogens (primary N) is 1. The zero-order valence-corrected chi connectivity index (χ0v) is 12.3. The van der Waals surface area contributed by atoms with E-state index < -0.39 is 0 Å². The van der Waals surface area contributed by atoms with Crippen molar-refractivity contribution < 1.29 is 9.53 Å². The maximum atomic E-state index is 12.4. The Labute approximate surface area is 120 Å². The lowest BCUT2D eigenvalue weighted by atomic mass is 10.0. The van der Waals surface area contributed by atoms with E-state index in [-0.39, 0.29) is 17.9 Å². The first-order valence-electron chi connectivity index (χ1n) is 7.33. The number of hydrogen-bond acceptors (Lipinski definition) is 4. The average Bonchev–Trinajstić information content (AvgIpc) is 2.41. The summed E-state index contributed by atoms with van der Waals surface area (Å²) in [7, 11) is 0. The summed E-state index contributed by atoms with van der Waals surface area (Å²) >= 11 is 0. The number of para-hydroxylation sites is 1. The van der Waals surface area contributed by atoms with Crippen LogP contribution in [0.1, 0.15) is 37.0 Å². The number of nitrogens with zero attached hydrogens (tertiary/aromatic N) is 1. The summed E-state index contributed by atoms with van der Waals surface area (Å²) in [5, 5.41) is 0. The number of benzene rings is 1. The quantitative estimate of drug-likeness (QED) is 0.837. The van der Waals surface area contributed by atoms with Gasteiger partial charge in [-0.15, -0.1) is 0 Å². The van der Waals surface area contributed by atoms with Gasteiger partial charge in [0.15, 0.2) is 5.78 Å². The molecule has 2 rings (SSSR count). The van der Waals surface area contributed by atoms with Crippen molar-refractivity contribution in [3.63, 3.8) is 0 Å². The van der Waals surface area contributed by atoms with E-state index >= 15 is 0 Å². The van der Waals surface area contributed by atoms with E-state index in [1.165, 1.54) is 0 Å². The molecule has 0 radical (unpaired) electrons. The van der Waals surface area contributed by atoms with Crippen molar-refractivity contribution in [2.45, 2.75) is 38.8 Å². The van der Waals surface area contributed by atoms with Crippen LogP contribution in [0, 0.1) is 0 Å². The molecule has 0 atom stereocenters. The SMILES string of the molecule is CC(C)Oc1ccccc1C(=O)CN1CCC(N)CC1. The number of Topliss-reactive ketones (excluding diaryl/α,β-unsaturated/α-hetero) is 1. The van der Waals surface area contributed by atoms with Crippen molar-refractivity contribution in [3.05, 3.63) is 29.8 Å². The molecule has 0 amide bonds. The molecule has 1 aliphatic rings. The van der Waals surface area contributed by atoms with Gasteiger partial charge in [-0.1, -0.05) is 12.1 Å². The Hall–Kier alpha value is -1.39. The monoisotopic (exact) mass is 276 g/mol. The molecule has 2 N–H and O–H groups in total. The maximum Gasteiger partial charge on any atom is 0.180 e. The summed E-state index contributed by atoms with van der Waals surface area (Å²) in [5.41, 5.74) is 6.56. The molecule has 1 aromatic rings. The van der Waals surface area contributed by atoms with Crippen LogP contribution >= 0.6 is 0 Å². The van der Waals surface area contributed by atoms with E-state index in [4.69, 9.17) is 10.5 Å².